The number of nitrogens with zero attached hydrogens (tertiary/aromatic N) is 1. The number of nitrogens with one attached hydrogen (secondary N) is 2. The Bertz CT molecular complexity index is 925. The Balaban J connectivity index is 1.74. The van der Waals surface area contributed by atoms with Gasteiger partial charge in [0, 0.05) is 31.2 Å². The summed E-state index contributed by atoms with van der Waals surface area (Å²) in [6, 6.07) is 12.5. The highest BCUT2D eigenvalue weighted by atomic mass is 32.2. The topological polar surface area (TPSA) is 78.5 Å². The van der Waals surface area contributed by atoms with Gasteiger partial charge in [0.25, 0.3) is 0 Å². The van der Waals surface area contributed by atoms with E-state index in [4.69, 9.17) is 0 Å². The number of sulfonamides is 1. The van der Waals surface area contributed by atoms with Gasteiger partial charge in [-0.05, 0) is 42.8 Å². The summed E-state index contributed by atoms with van der Waals surface area (Å²) < 4.78 is 27.8. The molecule has 138 valence electrons. The first kappa shape index (κ1) is 18.8. The fourth-order valence-corrected chi connectivity index (χ4v) is 4.50. The second-order valence-corrected chi connectivity index (χ2v) is 9.44. The summed E-state index contributed by atoms with van der Waals surface area (Å²) in [6.45, 7) is 2.02. The van der Waals surface area contributed by atoms with E-state index in [1.54, 1.807) is 12.1 Å². The number of rotatable bonds is 5. The molecule has 0 fully saturated rings. The molecule has 1 aliphatic heterocycles. The lowest BCUT2D eigenvalue weighted by Gasteiger charge is -2.21. The molecule has 2 N–H and O–H groups in total. The molecule has 0 aliphatic carbocycles. The number of anilines is 2. The minimum absolute atomic E-state index is 0.119. The van der Waals surface area contributed by atoms with Gasteiger partial charge in [0.2, 0.25) is 15.9 Å². The predicted octanol–water partition coefficient (Wildman–Crippen LogP) is 2.66. The van der Waals surface area contributed by atoms with Crippen LogP contribution in [-0.4, -0.2) is 33.7 Å². The predicted molar refractivity (Wildman–Crippen MR) is 105 cm³/mol. The fourth-order valence-electron chi connectivity index (χ4n) is 2.53. The lowest BCUT2D eigenvalue weighted by atomic mass is 10.2. The van der Waals surface area contributed by atoms with E-state index in [1.807, 2.05) is 50.2 Å². The van der Waals surface area contributed by atoms with Gasteiger partial charge in [0.05, 0.1) is 15.8 Å². The Morgan fingerprint density at radius 3 is 2.50 bits per heavy atom. The van der Waals surface area contributed by atoms with E-state index in [0.29, 0.717) is 5.69 Å². The Labute approximate surface area is 158 Å². The standard InChI is InChI=1S/C18H21N3O3S2/c1-12-18(22)20-16-10-15(8-9-17(16)25-12)26(23,24)19-11-13-4-6-14(7-5-13)21(2)3/h4-10,12,19H,11H2,1-3H3,(H,20,22)/t12-/m0/s1. The van der Waals surface area contributed by atoms with Gasteiger partial charge in [-0.1, -0.05) is 12.1 Å². The zero-order valence-corrected chi connectivity index (χ0v) is 16.4. The largest absolute Gasteiger partial charge is 0.378 e. The van der Waals surface area contributed by atoms with Crippen molar-refractivity contribution in [3.05, 3.63) is 48.0 Å². The summed E-state index contributed by atoms with van der Waals surface area (Å²) in [5.74, 6) is -0.119. The molecule has 2 aromatic carbocycles. The zero-order chi connectivity index (χ0) is 18.9. The molecule has 2 aromatic rings. The Morgan fingerprint density at radius 1 is 1.15 bits per heavy atom. The van der Waals surface area contributed by atoms with Crippen molar-refractivity contribution in [1.29, 1.82) is 0 Å². The maximum atomic E-state index is 12.6. The van der Waals surface area contributed by atoms with Gasteiger partial charge >= 0.3 is 0 Å². The Morgan fingerprint density at radius 2 is 1.85 bits per heavy atom. The van der Waals surface area contributed by atoms with Crippen LogP contribution in [0.4, 0.5) is 11.4 Å². The van der Waals surface area contributed by atoms with E-state index < -0.39 is 10.0 Å². The third-order valence-corrected chi connectivity index (χ3v) is 6.69. The van der Waals surface area contributed by atoms with E-state index in [1.165, 1.54) is 17.8 Å². The number of thioether (sulfide) groups is 1. The lowest BCUT2D eigenvalue weighted by molar-refractivity contribution is -0.115. The average Bonchev–Trinajstić information content (AvgIpc) is 2.61. The molecule has 0 spiro atoms. The monoisotopic (exact) mass is 391 g/mol. The third-order valence-electron chi connectivity index (χ3n) is 4.11. The molecule has 26 heavy (non-hydrogen) atoms. The number of amides is 1. The molecule has 1 aliphatic rings. The molecule has 1 amide bonds. The number of benzene rings is 2. The van der Waals surface area contributed by atoms with Crippen molar-refractivity contribution in [3.8, 4) is 0 Å². The molecular weight excluding hydrogens is 370 g/mol. The molecule has 0 saturated carbocycles. The molecule has 1 atom stereocenters. The normalized spacial score (nSPS) is 16.7. The van der Waals surface area contributed by atoms with Gasteiger partial charge in [0.15, 0.2) is 0 Å². The van der Waals surface area contributed by atoms with Crippen molar-refractivity contribution in [3.63, 3.8) is 0 Å². The molecule has 0 radical (unpaired) electrons. The Kier molecular flexibility index (Phi) is 5.27. The number of hydrogen-bond donors (Lipinski definition) is 2. The summed E-state index contributed by atoms with van der Waals surface area (Å²) in [5.41, 5.74) is 2.46. The molecule has 3 rings (SSSR count). The second-order valence-electron chi connectivity index (χ2n) is 6.29. The SMILES string of the molecule is C[C@@H]1Sc2ccc(S(=O)(=O)NCc3ccc(N(C)C)cc3)cc2NC1=O. The van der Waals surface area contributed by atoms with Gasteiger partial charge < -0.3 is 10.2 Å². The lowest BCUT2D eigenvalue weighted by Crippen LogP contribution is -2.27. The highest BCUT2D eigenvalue weighted by Crippen LogP contribution is 2.36. The number of carbonyl (C=O) groups is 1. The average molecular weight is 392 g/mol. The minimum atomic E-state index is -3.67. The van der Waals surface area contributed by atoms with E-state index >= 15 is 0 Å². The van der Waals surface area contributed by atoms with Crippen LogP contribution in [0.15, 0.2) is 52.3 Å². The van der Waals surface area contributed by atoms with Gasteiger partial charge in [-0.2, -0.15) is 0 Å². The summed E-state index contributed by atoms with van der Waals surface area (Å²) >= 11 is 1.42. The maximum absolute atomic E-state index is 12.6. The van der Waals surface area contributed by atoms with Crippen molar-refractivity contribution in [1.82, 2.24) is 4.72 Å². The first-order valence-electron chi connectivity index (χ1n) is 8.14. The van der Waals surface area contributed by atoms with Crippen LogP contribution in [0.5, 0.6) is 0 Å². The number of carbonyl (C=O) groups excluding carboxylic acids is 1. The first-order chi connectivity index (χ1) is 12.3. The van der Waals surface area contributed by atoms with Crippen LogP contribution in [0.25, 0.3) is 0 Å². The summed E-state index contributed by atoms with van der Waals surface area (Å²) in [7, 11) is 0.230. The molecular formula is C18H21N3O3S2. The summed E-state index contributed by atoms with van der Waals surface area (Å²) in [6.07, 6.45) is 0. The van der Waals surface area contributed by atoms with Crippen LogP contribution < -0.4 is 14.9 Å². The number of fused-ring (bicyclic) bond motifs is 1. The number of hydrogen-bond acceptors (Lipinski definition) is 5. The van der Waals surface area contributed by atoms with Gasteiger partial charge in [-0.15, -0.1) is 11.8 Å². The molecule has 0 aromatic heterocycles. The van der Waals surface area contributed by atoms with Crippen LogP contribution >= 0.6 is 11.8 Å². The van der Waals surface area contributed by atoms with Crippen LogP contribution in [0.3, 0.4) is 0 Å². The second kappa shape index (κ2) is 7.30. The van der Waals surface area contributed by atoms with Crippen molar-refractivity contribution in [2.24, 2.45) is 0 Å². The van der Waals surface area contributed by atoms with Gasteiger partial charge in [-0.25, -0.2) is 13.1 Å². The molecule has 0 unspecified atom stereocenters. The van der Waals surface area contributed by atoms with Crippen LogP contribution in [0.1, 0.15) is 12.5 Å². The van der Waals surface area contributed by atoms with Gasteiger partial charge in [-0.3, -0.25) is 4.79 Å². The highest BCUT2D eigenvalue weighted by Gasteiger charge is 2.25. The van der Waals surface area contributed by atoms with Crippen LogP contribution in [0.2, 0.25) is 0 Å². The molecule has 1 heterocycles. The van der Waals surface area contributed by atoms with Crippen molar-refractivity contribution < 1.29 is 13.2 Å². The van der Waals surface area contributed by atoms with E-state index in [9.17, 15) is 13.2 Å². The van der Waals surface area contributed by atoms with E-state index in [-0.39, 0.29) is 22.6 Å². The van der Waals surface area contributed by atoms with Crippen molar-refractivity contribution in [2.45, 2.75) is 28.5 Å². The summed E-state index contributed by atoms with van der Waals surface area (Å²) in [5, 5.41) is 2.57. The molecule has 8 heteroatoms. The third kappa shape index (κ3) is 4.03. The Hall–Kier alpha value is -2.03. The van der Waals surface area contributed by atoms with E-state index in [0.717, 1.165) is 16.1 Å². The van der Waals surface area contributed by atoms with E-state index in [2.05, 4.69) is 10.0 Å². The van der Waals surface area contributed by atoms with Crippen molar-refractivity contribution in [2.75, 3.05) is 24.3 Å². The minimum Gasteiger partial charge on any atom is -0.378 e. The first-order valence-corrected chi connectivity index (χ1v) is 10.5. The van der Waals surface area contributed by atoms with Crippen molar-refractivity contribution >= 4 is 39.1 Å². The zero-order valence-electron chi connectivity index (χ0n) is 14.8. The van der Waals surface area contributed by atoms with Gasteiger partial charge in [0.1, 0.15) is 0 Å². The fraction of sp³-hybridized carbons (Fsp3) is 0.278. The molecule has 6 nitrogen and oxygen atoms in total. The maximum Gasteiger partial charge on any atom is 0.240 e. The smallest absolute Gasteiger partial charge is 0.240 e. The highest BCUT2D eigenvalue weighted by molar-refractivity contribution is 8.01. The summed E-state index contributed by atoms with van der Waals surface area (Å²) in [4.78, 5) is 14.8. The molecule has 0 saturated heterocycles. The molecule has 0 bridgehead atoms. The quantitative estimate of drug-likeness (QED) is 0.819. The van der Waals surface area contributed by atoms with Crippen LogP contribution in [0, 0.1) is 0 Å². The van der Waals surface area contributed by atoms with Crippen LogP contribution in [-0.2, 0) is 21.4 Å².